The molecular weight excluding hydrogens is 272 g/mol. The van der Waals surface area contributed by atoms with Crippen LogP contribution in [0.1, 0.15) is 11.1 Å². The highest BCUT2D eigenvalue weighted by molar-refractivity contribution is 7.98. The van der Waals surface area contributed by atoms with Crippen LogP contribution in [0.2, 0.25) is 0 Å². The third-order valence-corrected chi connectivity index (χ3v) is 3.76. The summed E-state index contributed by atoms with van der Waals surface area (Å²) in [6.45, 7) is 0.424. The van der Waals surface area contributed by atoms with Gasteiger partial charge in [-0.05, 0) is 30.0 Å². The lowest BCUT2D eigenvalue weighted by atomic mass is 10.2. The standard InChI is InChI=1S/C16H18O3S/c1-18-15-9-12(7-8-16(15)20-2)11-19-14-6-4-3-5-13(14)10-17/h3-9,17H,10-11H2,1-2H3. The minimum absolute atomic E-state index is 0.0229. The lowest BCUT2D eigenvalue weighted by molar-refractivity contribution is 0.258. The van der Waals surface area contributed by atoms with Crippen molar-refractivity contribution >= 4 is 11.8 Å². The average Bonchev–Trinajstić information content (AvgIpc) is 2.52. The smallest absolute Gasteiger partial charge is 0.132 e. The lowest BCUT2D eigenvalue weighted by Crippen LogP contribution is -1.99. The first-order chi connectivity index (χ1) is 9.78. The largest absolute Gasteiger partial charge is 0.496 e. The Morgan fingerprint density at radius 3 is 2.60 bits per heavy atom. The van der Waals surface area contributed by atoms with Crippen LogP contribution in [0.5, 0.6) is 11.5 Å². The second kappa shape index (κ2) is 7.22. The average molecular weight is 290 g/mol. The van der Waals surface area contributed by atoms with Crippen LogP contribution in [-0.4, -0.2) is 18.5 Å². The normalized spacial score (nSPS) is 10.3. The molecule has 3 nitrogen and oxygen atoms in total. The molecule has 0 atom stereocenters. The van der Waals surface area contributed by atoms with Gasteiger partial charge in [0, 0.05) is 10.5 Å². The summed E-state index contributed by atoms with van der Waals surface area (Å²) >= 11 is 1.65. The van der Waals surface area contributed by atoms with Crippen LogP contribution in [0.3, 0.4) is 0 Å². The fourth-order valence-corrected chi connectivity index (χ4v) is 2.45. The first-order valence-electron chi connectivity index (χ1n) is 6.31. The minimum atomic E-state index is -0.0229. The first kappa shape index (κ1) is 14.8. The van der Waals surface area contributed by atoms with E-state index in [1.165, 1.54) is 0 Å². The number of rotatable bonds is 6. The summed E-state index contributed by atoms with van der Waals surface area (Å²) < 4.78 is 11.1. The van der Waals surface area contributed by atoms with Crippen LogP contribution in [0.4, 0.5) is 0 Å². The molecule has 106 valence electrons. The van der Waals surface area contributed by atoms with Crippen molar-refractivity contribution in [2.45, 2.75) is 18.1 Å². The monoisotopic (exact) mass is 290 g/mol. The first-order valence-corrected chi connectivity index (χ1v) is 7.53. The van der Waals surface area contributed by atoms with E-state index < -0.39 is 0 Å². The van der Waals surface area contributed by atoms with Crippen LogP contribution < -0.4 is 9.47 Å². The highest BCUT2D eigenvalue weighted by Crippen LogP contribution is 2.29. The van der Waals surface area contributed by atoms with Gasteiger partial charge in [0.05, 0.1) is 13.7 Å². The molecule has 0 unspecified atom stereocenters. The van der Waals surface area contributed by atoms with E-state index in [-0.39, 0.29) is 6.61 Å². The van der Waals surface area contributed by atoms with Crippen LogP contribution in [-0.2, 0) is 13.2 Å². The van der Waals surface area contributed by atoms with Crippen molar-refractivity contribution in [1.29, 1.82) is 0 Å². The fourth-order valence-electron chi connectivity index (χ4n) is 1.91. The summed E-state index contributed by atoms with van der Waals surface area (Å²) in [6.07, 6.45) is 2.02. The zero-order valence-corrected chi connectivity index (χ0v) is 12.4. The molecule has 0 saturated heterocycles. The maximum absolute atomic E-state index is 9.26. The fraction of sp³-hybridized carbons (Fsp3) is 0.250. The van der Waals surface area contributed by atoms with E-state index in [0.717, 1.165) is 21.8 Å². The summed E-state index contributed by atoms with van der Waals surface area (Å²) in [4.78, 5) is 1.10. The molecule has 0 radical (unpaired) electrons. The van der Waals surface area contributed by atoms with Gasteiger partial charge in [0.25, 0.3) is 0 Å². The minimum Gasteiger partial charge on any atom is -0.496 e. The molecule has 0 aromatic heterocycles. The Labute approximate surface area is 123 Å². The van der Waals surface area contributed by atoms with Gasteiger partial charge in [0.1, 0.15) is 18.1 Å². The number of benzene rings is 2. The van der Waals surface area contributed by atoms with E-state index in [9.17, 15) is 5.11 Å². The number of methoxy groups -OCH3 is 1. The van der Waals surface area contributed by atoms with Crippen LogP contribution in [0.25, 0.3) is 0 Å². The molecule has 4 heteroatoms. The van der Waals surface area contributed by atoms with Crippen LogP contribution in [0, 0.1) is 0 Å². The summed E-state index contributed by atoms with van der Waals surface area (Å²) in [5, 5.41) is 9.26. The van der Waals surface area contributed by atoms with Crippen molar-refractivity contribution < 1.29 is 14.6 Å². The Balaban J connectivity index is 2.11. The van der Waals surface area contributed by atoms with Crippen molar-refractivity contribution in [3.05, 3.63) is 53.6 Å². The zero-order chi connectivity index (χ0) is 14.4. The lowest BCUT2D eigenvalue weighted by Gasteiger charge is -2.12. The highest BCUT2D eigenvalue weighted by Gasteiger charge is 2.05. The summed E-state index contributed by atoms with van der Waals surface area (Å²) in [5.74, 6) is 1.57. The molecule has 0 heterocycles. The molecule has 0 fully saturated rings. The molecule has 0 amide bonds. The molecule has 0 aliphatic heterocycles. The molecule has 0 saturated carbocycles. The van der Waals surface area contributed by atoms with E-state index in [1.807, 2.05) is 48.7 Å². The third-order valence-electron chi connectivity index (χ3n) is 2.99. The Bertz CT molecular complexity index is 569. The van der Waals surface area contributed by atoms with Gasteiger partial charge >= 0.3 is 0 Å². The molecule has 2 aromatic rings. The number of aliphatic hydroxyl groups excluding tert-OH is 1. The van der Waals surface area contributed by atoms with E-state index in [2.05, 4.69) is 0 Å². The van der Waals surface area contributed by atoms with E-state index in [0.29, 0.717) is 12.4 Å². The number of aliphatic hydroxyl groups is 1. The van der Waals surface area contributed by atoms with Gasteiger partial charge in [-0.1, -0.05) is 24.3 Å². The maximum atomic E-state index is 9.26. The van der Waals surface area contributed by atoms with Crippen molar-refractivity contribution in [2.75, 3.05) is 13.4 Å². The zero-order valence-electron chi connectivity index (χ0n) is 11.6. The summed E-state index contributed by atoms with van der Waals surface area (Å²) in [7, 11) is 1.67. The topological polar surface area (TPSA) is 38.7 Å². The maximum Gasteiger partial charge on any atom is 0.132 e. The Kier molecular flexibility index (Phi) is 5.32. The van der Waals surface area contributed by atoms with Crippen molar-refractivity contribution in [2.24, 2.45) is 0 Å². The van der Waals surface area contributed by atoms with Gasteiger partial charge < -0.3 is 14.6 Å². The molecule has 0 aliphatic carbocycles. The van der Waals surface area contributed by atoms with Crippen molar-refractivity contribution in [3.63, 3.8) is 0 Å². The van der Waals surface area contributed by atoms with Crippen LogP contribution in [0.15, 0.2) is 47.4 Å². The number of ether oxygens (including phenoxy) is 2. The van der Waals surface area contributed by atoms with E-state index >= 15 is 0 Å². The molecule has 0 bridgehead atoms. The molecular formula is C16H18O3S. The quantitative estimate of drug-likeness (QED) is 0.827. The Hall–Kier alpha value is -1.65. The van der Waals surface area contributed by atoms with Gasteiger partial charge in [0.2, 0.25) is 0 Å². The van der Waals surface area contributed by atoms with Crippen molar-refractivity contribution in [3.8, 4) is 11.5 Å². The molecule has 20 heavy (non-hydrogen) atoms. The van der Waals surface area contributed by atoms with Gasteiger partial charge in [-0.2, -0.15) is 0 Å². The Morgan fingerprint density at radius 1 is 1.10 bits per heavy atom. The highest BCUT2D eigenvalue weighted by atomic mass is 32.2. The van der Waals surface area contributed by atoms with Gasteiger partial charge in [-0.3, -0.25) is 0 Å². The third kappa shape index (κ3) is 3.46. The SMILES string of the molecule is COc1cc(COc2ccccc2CO)ccc1SC. The summed E-state index contributed by atoms with van der Waals surface area (Å²) in [6, 6.07) is 13.5. The molecule has 0 spiro atoms. The number of para-hydroxylation sites is 1. The second-order valence-corrected chi connectivity index (χ2v) is 5.09. The van der Waals surface area contributed by atoms with Gasteiger partial charge in [-0.25, -0.2) is 0 Å². The molecule has 1 N–H and O–H groups in total. The number of thioether (sulfide) groups is 1. The van der Waals surface area contributed by atoms with Gasteiger partial charge in [0.15, 0.2) is 0 Å². The van der Waals surface area contributed by atoms with Gasteiger partial charge in [-0.15, -0.1) is 11.8 Å². The second-order valence-electron chi connectivity index (χ2n) is 4.24. The number of hydrogen-bond donors (Lipinski definition) is 1. The Morgan fingerprint density at radius 2 is 1.90 bits per heavy atom. The van der Waals surface area contributed by atoms with Crippen molar-refractivity contribution in [1.82, 2.24) is 0 Å². The molecule has 0 aliphatic rings. The van der Waals surface area contributed by atoms with E-state index in [4.69, 9.17) is 9.47 Å². The molecule has 2 aromatic carbocycles. The summed E-state index contributed by atoms with van der Waals surface area (Å²) in [5.41, 5.74) is 1.83. The predicted octanol–water partition coefficient (Wildman–Crippen LogP) is 3.49. The van der Waals surface area contributed by atoms with Crippen LogP contribution >= 0.6 is 11.8 Å². The van der Waals surface area contributed by atoms with E-state index in [1.54, 1.807) is 18.9 Å². The predicted molar refractivity (Wildman–Crippen MR) is 81.5 cm³/mol. The number of hydrogen-bond acceptors (Lipinski definition) is 4. The molecule has 2 rings (SSSR count).